The highest BCUT2D eigenvalue weighted by Gasteiger charge is 2.17. The predicted molar refractivity (Wildman–Crippen MR) is 87.2 cm³/mol. The third-order valence-electron chi connectivity index (χ3n) is 4.26. The Morgan fingerprint density at radius 2 is 2.35 bits per heavy atom. The molecule has 2 aromatic rings. The molecular formula is C16H25N5O2. The number of hydrogen-bond acceptors (Lipinski definition) is 4. The van der Waals surface area contributed by atoms with Crippen molar-refractivity contribution >= 4 is 16.9 Å². The summed E-state index contributed by atoms with van der Waals surface area (Å²) in [5, 5.41) is 11.9. The standard InChI is InChI=1S/C16H25N5O2/c1-11(2)21-14-10-18-20(16(14)12(3)19-21)7-6-15(22)17-9-13-5-4-8-23-13/h10-11,13H,4-9H2,1-3H3,(H,17,22). The van der Waals surface area contributed by atoms with Crippen LogP contribution < -0.4 is 5.32 Å². The molecule has 1 unspecified atom stereocenters. The van der Waals surface area contributed by atoms with E-state index in [0.29, 0.717) is 25.6 Å². The lowest BCUT2D eigenvalue weighted by Crippen LogP contribution is -2.32. The first-order valence-corrected chi connectivity index (χ1v) is 8.35. The van der Waals surface area contributed by atoms with E-state index in [4.69, 9.17) is 4.74 Å². The summed E-state index contributed by atoms with van der Waals surface area (Å²) in [7, 11) is 0. The van der Waals surface area contributed by atoms with Crippen molar-refractivity contribution in [2.75, 3.05) is 13.2 Å². The highest BCUT2D eigenvalue weighted by atomic mass is 16.5. The van der Waals surface area contributed by atoms with Crippen molar-refractivity contribution < 1.29 is 9.53 Å². The molecule has 23 heavy (non-hydrogen) atoms. The molecule has 0 radical (unpaired) electrons. The second-order valence-electron chi connectivity index (χ2n) is 6.41. The summed E-state index contributed by atoms with van der Waals surface area (Å²) >= 11 is 0. The van der Waals surface area contributed by atoms with E-state index in [0.717, 1.165) is 36.2 Å². The Labute approximate surface area is 136 Å². The Kier molecular flexibility index (Phi) is 4.66. The highest BCUT2D eigenvalue weighted by molar-refractivity contribution is 5.79. The van der Waals surface area contributed by atoms with Crippen molar-refractivity contribution in [3.63, 3.8) is 0 Å². The van der Waals surface area contributed by atoms with Gasteiger partial charge in [-0.3, -0.25) is 14.2 Å². The first-order chi connectivity index (χ1) is 11.1. The quantitative estimate of drug-likeness (QED) is 0.881. The van der Waals surface area contributed by atoms with Crippen LogP contribution in [0.25, 0.3) is 11.0 Å². The van der Waals surface area contributed by atoms with Crippen LogP contribution in [0.3, 0.4) is 0 Å². The van der Waals surface area contributed by atoms with Crippen LogP contribution in [0.2, 0.25) is 0 Å². The van der Waals surface area contributed by atoms with Gasteiger partial charge >= 0.3 is 0 Å². The average Bonchev–Trinajstić information content (AvgIpc) is 3.21. The number of fused-ring (bicyclic) bond motifs is 1. The molecule has 2 aromatic heterocycles. The number of aryl methyl sites for hydroxylation is 2. The molecule has 0 bridgehead atoms. The Bertz CT molecular complexity index is 682. The fourth-order valence-electron chi connectivity index (χ4n) is 3.07. The number of ether oxygens (including phenoxy) is 1. The third-order valence-corrected chi connectivity index (χ3v) is 4.26. The van der Waals surface area contributed by atoms with E-state index in [1.54, 1.807) is 0 Å². The molecule has 3 rings (SSSR count). The van der Waals surface area contributed by atoms with Gasteiger partial charge in [0.15, 0.2) is 0 Å². The van der Waals surface area contributed by atoms with E-state index >= 15 is 0 Å². The average molecular weight is 319 g/mol. The summed E-state index contributed by atoms with van der Waals surface area (Å²) in [5.41, 5.74) is 2.99. The molecule has 1 saturated heterocycles. The van der Waals surface area contributed by atoms with E-state index in [2.05, 4.69) is 29.4 Å². The predicted octanol–water partition coefficient (Wildman–Crippen LogP) is 1.81. The van der Waals surface area contributed by atoms with Crippen LogP contribution in [0.15, 0.2) is 6.20 Å². The smallest absolute Gasteiger partial charge is 0.221 e. The van der Waals surface area contributed by atoms with Crippen molar-refractivity contribution in [1.82, 2.24) is 24.9 Å². The first-order valence-electron chi connectivity index (χ1n) is 8.35. The van der Waals surface area contributed by atoms with Crippen LogP contribution in [-0.2, 0) is 16.1 Å². The SMILES string of the molecule is Cc1nn(C(C)C)c2cnn(CCC(=O)NCC3CCCO3)c12. The summed E-state index contributed by atoms with van der Waals surface area (Å²) in [4.78, 5) is 12.0. The molecule has 7 heteroatoms. The van der Waals surface area contributed by atoms with Gasteiger partial charge in [0.05, 0.1) is 24.5 Å². The van der Waals surface area contributed by atoms with Crippen LogP contribution in [0, 0.1) is 6.92 Å². The Balaban J connectivity index is 1.59. The lowest BCUT2D eigenvalue weighted by molar-refractivity contribution is -0.121. The van der Waals surface area contributed by atoms with Crippen molar-refractivity contribution in [2.45, 2.75) is 58.7 Å². The second-order valence-corrected chi connectivity index (χ2v) is 6.41. The van der Waals surface area contributed by atoms with Gasteiger partial charge in [-0.05, 0) is 33.6 Å². The van der Waals surface area contributed by atoms with Crippen LogP contribution in [-0.4, -0.2) is 44.7 Å². The third kappa shape index (κ3) is 3.39. The van der Waals surface area contributed by atoms with Crippen molar-refractivity contribution in [2.24, 2.45) is 0 Å². The molecule has 1 aliphatic heterocycles. The van der Waals surface area contributed by atoms with Gasteiger partial charge in [-0.1, -0.05) is 0 Å². The Morgan fingerprint density at radius 1 is 1.52 bits per heavy atom. The van der Waals surface area contributed by atoms with Gasteiger partial charge in [0, 0.05) is 25.6 Å². The zero-order valence-corrected chi connectivity index (χ0v) is 14.1. The maximum absolute atomic E-state index is 12.0. The van der Waals surface area contributed by atoms with Crippen LogP contribution in [0.1, 0.15) is 44.8 Å². The maximum Gasteiger partial charge on any atom is 0.221 e. The van der Waals surface area contributed by atoms with Crippen molar-refractivity contribution in [1.29, 1.82) is 0 Å². The maximum atomic E-state index is 12.0. The summed E-state index contributed by atoms with van der Waals surface area (Å²) in [6.07, 6.45) is 4.55. The number of nitrogens with zero attached hydrogens (tertiary/aromatic N) is 4. The van der Waals surface area contributed by atoms with E-state index in [1.807, 2.05) is 22.5 Å². The molecule has 3 heterocycles. The zero-order valence-electron chi connectivity index (χ0n) is 14.1. The molecular weight excluding hydrogens is 294 g/mol. The number of rotatable bonds is 6. The highest BCUT2D eigenvalue weighted by Crippen LogP contribution is 2.21. The molecule has 1 amide bonds. The minimum Gasteiger partial charge on any atom is -0.376 e. The first kappa shape index (κ1) is 16.0. The summed E-state index contributed by atoms with van der Waals surface area (Å²) in [6.45, 7) is 8.16. The van der Waals surface area contributed by atoms with Gasteiger partial charge in [0.25, 0.3) is 0 Å². The monoisotopic (exact) mass is 319 g/mol. The Hall–Kier alpha value is -1.89. The topological polar surface area (TPSA) is 74.0 Å². The van der Waals surface area contributed by atoms with E-state index in [-0.39, 0.29) is 12.0 Å². The van der Waals surface area contributed by atoms with Gasteiger partial charge in [0.1, 0.15) is 11.0 Å². The fourth-order valence-corrected chi connectivity index (χ4v) is 3.07. The van der Waals surface area contributed by atoms with Gasteiger partial charge in [-0.15, -0.1) is 0 Å². The lowest BCUT2D eigenvalue weighted by atomic mass is 10.2. The number of nitrogens with one attached hydrogen (secondary N) is 1. The Morgan fingerprint density at radius 3 is 3.04 bits per heavy atom. The number of amides is 1. The van der Waals surface area contributed by atoms with Crippen molar-refractivity contribution in [3.05, 3.63) is 11.9 Å². The molecule has 0 spiro atoms. The van der Waals surface area contributed by atoms with Crippen LogP contribution >= 0.6 is 0 Å². The van der Waals surface area contributed by atoms with E-state index in [1.165, 1.54) is 0 Å². The van der Waals surface area contributed by atoms with Gasteiger partial charge in [-0.2, -0.15) is 10.2 Å². The summed E-state index contributed by atoms with van der Waals surface area (Å²) in [6, 6.07) is 0.290. The largest absolute Gasteiger partial charge is 0.376 e. The van der Waals surface area contributed by atoms with Gasteiger partial charge in [-0.25, -0.2) is 0 Å². The van der Waals surface area contributed by atoms with Crippen LogP contribution in [0.4, 0.5) is 0 Å². The van der Waals surface area contributed by atoms with Gasteiger partial charge < -0.3 is 10.1 Å². The second kappa shape index (κ2) is 6.70. The number of aromatic nitrogens is 4. The van der Waals surface area contributed by atoms with Crippen LogP contribution in [0.5, 0.6) is 0 Å². The fraction of sp³-hybridized carbons (Fsp3) is 0.688. The van der Waals surface area contributed by atoms with E-state index in [9.17, 15) is 4.79 Å². The minimum absolute atomic E-state index is 0.0399. The van der Waals surface area contributed by atoms with E-state index < -0.39 is 0 Å². The van der Waals surface area contributed by atoms with Gasteiger partial charge in [0.2, 0.25) is 5.91 Å². The molecule has 1 N–H and O–H groups in total. The molecule has 1 aliphatic rings. The molecule has 1 atom stereocenters. The minimum atomic E-state index is 0.0399. The molecule has 1 fully saturated rings. The lowest BCUT2D eigenvalue weighted by Gasteiger charge is -2.10. The number of carbonyl (C=O) groups is 1. The molecule has 7 nitrogen and oxygen atoms in total. The number of carbonyl (C=O) groups excluding carboxylic acids is 1. The molecule has 0 aliphatic carbocycles. The summed E-state index contributed by atoms with van der Waals surface area (Å²) < 4.78 is 9.36. The normalized spacial score (nSPS) is 18.2. The molecule has 126 valence electrons. The van der Waals surface area contributed by atoms with Crippen molar-refractivity contribution in [3.8, 4) is 0 Å². The zero-order chi connectivity index (χ0) is 16.4. The molecule has 0 aromatic carbocycles. The molecule has 0 saturated carbocycles. The number of hydrogen-bond donors (Lipinski definition) is 1. The summed E-state index contributed by atoms with van der Waals surface area (Å²) in [5.74, 6) is 0.0399.